The quantitative estimate of drug-likeness (QED) is 0.183. The minimum Gasteiger partial charge on any atom is -0.0622 e. The molecular formula is C30H28Br2. The monoisotopic (exact) mass is 546 g/mol. The molecule has 0 radical (unpaired) electrons. The van der Waals surface area contributed by atoms with E-state index in [1.54, 1.807) is 0 Å². The van der Waals surface area contributed by atoms with E-state index in [9.17, 15) is 0 Å². The number of rotatable bonds is 9. The molecule has 0 saturated heterocycles. The number of halogens is 2. The highest BCUT2D eigenvalue weighted by Crippen LogP contribution is 2.30. The van der Waals surface area contributed by atoms with Crippen LogP contribution in [0.3, 0.4) is 0 Å². The maximum absolute atomic E-state index is 3.77. The van der Waals surface area contributed by atoms with Crippen LogP contribution < -0.4 is 0 Å². The zero-order valence-electron chi connectivity index (χ0n) is 18.2. The van der Waals surface area contributed by atoms with E-state index in [-0.39, 0.29) is 0 Å². The van der Waals surface area contributed by atoms with Crippen molar-refractivity contribution in [2.45, 2.75) is 38.5 Å². The summed E-state index contributed by atoms with van der Waals surface area (Å²) in [4.78, 5) is 0. The number of benzene rings is 4. The van der Waals surface area contributed by atoms with Crippen molar-refractivity contribution in [1.82, 2.24) is 0 Å². The summed E-state index contributed by atoms with van der Waals surface area (Å²) in [7, 11) is 0. The van der Waals surface area contributed by atoms with E-state index in [1.807, 2.05) is 0 Å². The minimum atomic E-state index is 1.14. The maximum Gasteiger partial charge on any atom is 0.0256 e. The van der Waals surface area contributed by atoms with Gasteiger partial charge in [0.2, 0.25) is 0 Å². The molecule has 0 nitrogen and oxygen atoms in total. The van der Waals surface area contributed by atoms with Crippen LogP contribution in [0.5, 0.6) is 0 Å². The summed E-state index contributed by atoms with van der Waals surface area (Å²) in [5, 5.41) is 0. The molecule has 0 unspecified atom stereocenters. The van der Waals surface area contributed by atoms with Crippen LogP contribution in [0.25, 0.3) is 22.3 Å². The predicted molar refractivity (Wildman–Crippen MR) is 145 cm³/mol. The topological polar surface area (TPSA) is 0 Å². The molecular weight excluding hydrogens is 520 g/mol. The van der Waals surface area contributed by atoms with Gasteiger partial charge in [-0.25, -0.2) is 0 Å². The second-order valence-electron chi connectivity index (χ2n) is 8.27. The summed E-state index contributed by atoms with van der Waals surface area (Å²) in [6.07, 6.45) is 7.33. The van der Waals surface area contributed by atoms with Crippen molar-refractivity contribution in [3.63, 3.8) is 0 Å². The van der Waals surface area contributed by atoms with E-state index in [4.69, 9.17) is 0 Å². The lowest BCUT2D eigenvalue weighted by Crippen LogP contribution is -1.90. The van der Waals surface area contributed by atoms with Crippen LogP contribution in [0.4, 0.5) is 0 Å². The molecule has 0 aromatic heterocycles. The van der Waals surface area contributed by atoms with Gasteiger partial charge in [-0.2, -0.15) is 0 Å². The molecule has 2 heteroatoms. The Balaban J connectivity index is 1.21. The Kier molecular flexibility index (Phi) is 8.36. The lowest BCUT2D eigenvalue weighted by atomic mass is 9.99. The summed E-state index contributed by atoms with van der Waals surface area (Å²) in [5.74, 6) is 0. The van der Waals surface area contributed by atoms with Crippen LogP contribution in [0.15, 0.2) is 106 Å². The van der Waals surface area contributed by atoms with Crippen LogP contribution in [0.1, 0.15) is 36.8 Å². The molecule has 0 spiro atoms. The molecule has 4 aromatic carbocycles. The van der Waals surface area contributed by atoms with Gasteiger partial charge < -0.3 is 0 Å². The predicted octanol–water partition coefficient (Wildman–Crippen LogP) is 9.89. The average Bonchev–Trinajstić information content (AvgIpc) is 2.82. The smallest absolute Gasteiger partial charge is 0.0256 e. The molecule has 0 saturated carbocycles. The highest BCUT2D eigenvalue weighted by molar-refractivity contribution is 9.11. The zero-order valence-corrected chi connectivity index (χ0v) is 21.4. The van der Waals surface area contributed by atoms with Crippen molar-refractivity contribution in [2.75, 3.05) is 0 Å². The first-order valence-electron chi connectivity index (χ1n) is 11.4. The van der Waals surface area contributed by atoms with Gasteiger partial charge in [0.15, 0.2) is 0 Å². The van der Waals surface area contributed by atoms with Gasteiger partial charge in [0.25, 0.3) is 0 Å². The van der Waals surface area contributed by atoms with Gasteiger partial charge in [-0.1, -0.05) is 130 Å². The SMILES string of the molecule is Brc1cc(CCCCCCc2ccc(-c3ccccc3)c(Br)c2)ccc1-c1ccccc1. The fourth-order valence-electron chi connectivity index (χ4n) is 4.14. The Morgan fingerprint density at radius 2 is 0.844 bits per heavy atom. The first-order valence-corrected chi connectivity index (χ1v) is 13.0. The van der Waals surface area contributed by atoms with Gasteiger partial charge >= 0.3 is 0 Å². The third kappa shape index (κ3) is 6.21. The van der Waals surface area contributed by atoms with Crippen molar-refractivity contribution >= 4 is 31.9 Å². The van der Waals surface area contributed by atoms with Crippen LogP contribution in [0, 0.1) is 0 Å². The molecule has 0 N–H and O–H groups in total. The lowest BCUT2D eigenvalue weighted by molar-refractivity contribution is 0.640. The Bertz CT molecular complexity index is 1040. The summed E-state index contributed by atoms with van der Waals surface area (Å²) < 4.78 is 2.37. The van der Waals surface area contributed by atoms with E-state index in [0.717, 1.165) is 12.8 Å². The van der Waals surface area contributed by atoms with Crippen LogP contribution in [0.2, 0.25) is 0 Å². The molecule has 4 aromatic rings. The summed E-state index contributed by atoms with van der Waals surface area (Å²) in [6, 6.07) is 34.7. The average molecular weight is 548 g/mol. The van der Waals surface area contributed by atoms with E-state index < -0.39 is 0 Å². The van der Waals surface area contributed by atoms with Gasteiger partial charge in [0, 0.05) is 8.95 Å². The molecule has 0 aliphatic heterocycles. The van der Waals surface area contributed by atoms with Gasteiger partial charge in [0.1, 0.15) is 0 Å². The van der Waals surface area contributed by atoms with Gasteiger partial charge in [-0.3, -0.25) is 0 Å². The summed E-state index contributed by atoms with van der Waals surface area (Å²) >= 11 is 7.53. The van der Waals surface area contributed by atoms with Crippen LogP contribution in [-0.2, 0) is 12.8 Å². The summed E-state index contributed by atoms with van der Waals surface area (Å²) in [6.45, 7) is 0. The van der Waals surface area contributed by atoms with Gasteiger partial charge in [-0.05, 0) is 71.2 Å². The van der Waals surface area contributed by atoms with Crippen molar-refractivity contribution < 1.29 is 0 Å². The number of aryl methyl sites for hydroxylation is 2. The van der Waals surface area contributed by atoms with Crippen molar-refractivity contribution in [3.05, 3.63) is 117 Å². The molecule has 0 amide bonds. The van der Waals surface area contributed by atoms with Crippen LogP contribution >= 0.6 is 31.9 Å². The Labute approximate surface area is 209 Å². The van der Waals surface area contributed by atoms with Gasteiger partial charge in [0.05, 0.1) is 0 Å². The summed E-state index contributed by atoms with van der Waals surface area (Å²) in [5.41, 5.74) is 7.87. The normalized spacial score (nSPS) is 10.9. The fraction of sp³-hybridized carbons (Fsp3) is 0.200. The molecule has 0 aliphatic rings. The molecule has 162 valence electrons. The molecule has 0 aliphatic carbocycles. The zero-order chi connectivity index (χ0) is 22.2. The standard InChI is InChI=1S/C30H28Br2/c31-29-21-23(17-19-27(29)25-13-7-3-8-14-25)11-5-1-2-6-12-24-18-20-28(30(32)22-24)26-15-9-4-10-16-26/h3-4,7-10,13-22H,1-2,5-6,11-12H2. The molecule has 32 heavy (non-hydrogen) atoms. The third-order valence-electron chi connectivity index (χ3n) is 5.92. The lowest BCUT2D eigenvalue weighted by Gasteiger charge is -2.09. The molecule has 0 atom stereocenters. The molecule has 0 bridgehead atoms. The first kappa shape index (κ1) is 23.0. The Morgan fingerprint density at radius 3 is 1.22 bits per heavy atom. The maximum atomic E-state index is 3.77. The van der Waals surface area contributed by atoms with Crippen molar-refractivity contribution in [2.24, 2.45) is 0 Å². The Morgan fingerprint density at radius 1 is 0.438 bits per heavy atom. The molecule has 0 fully saturated rings. The minimum absolute atomic E-state index is 1.14. The molecule has 0 heterocycles. The number of unbranched alkanes of at least 4 members (excludes halogenated alkanes) is 3. The second-order valence-corrected chi connectivity index (χ2v) is 9.98. The largest absolute Gasteiger partial charge is 0.0622 e. The highest BCUT2D eigenvalue weighted by Gasteiger charge is 2.06. The third-order valence-corrected chi connectivity index (χ3v) is 7.23. The van der Waals surface area contributed by atoms with Gasteiger partial charge in [-0.15, -0.1) is 0 Å². The van der Waals surface area contributed by atoms with E-state index in [1.165, 1.54) is 68.0 Å². The second kappa shape index (κ2) is 11.6. The fourth-order valence-corrected chi connectivity index (χ4v) is 5.45. The number of hydrogen-bond donors (Lipinski definition) is 0. The Hall–Kier alpha value is -2.16. The molecule has 4 rings (SSSR count). The van der Waals surface area contributed by atoms with Crippen molar-refractivity contribution in [3.8, 4) is 22.3 Å². The van der Waals surface area contributed by atoms with Crippen molar-refractivity contribution in [1.29, 1.82) is 0 Å². The van der Waals surface area contributed by atoms with E-state index in [0.29, 0.717) is 0 Å². The highest BCUT2D eigenvalue weighted by atomic mass is 79.9. The van der Waals surface area contributed by atoms with Crippen LogP contribution in [-0.4, -0.2) is 0 Å². The van der Waals surface area contributed by atoms with E-state index >= 15 is 0 Å². The van der Waals surface area contributed by atoms with E-state index in [2.05, 4.69) is 129 Å². The number of hydrogen-bond acceptors (Lipinski definition) is 0. The first-order chi connectivity index (χ1) is 15.7.